The number of diazo groups is 2. The molecular weight excluding hydrogens is 698 g/mol. The van der Waals surface area contributed by atoms with Crippen LogP contribution in [0.1, 0.15) is 79.1 Å². The standard InChI is InChI=1S/2C14H21ClN3.4ClH.Zn/c2*1-3-5-9-18(10-6-4-2)14-8-7-12(17-16)11-13(14)15;;;;;/h2*7-8,11H,3-6,9-10H2,1-2H3;4*1H;/q2*+1;;;;;+2/p-4. The predicted octanol–water partition coefficient (Wildman–Crippen LogP) is 13.2. The summed E-state index contributed by atoms with van der Waals surface area (Å²) in [4.78, 5) is 10.9. The van der Waals surface area contributed by atoms with Crippen LogP contribution in [0.4, 0.5) is 22.7 Å². The summed E-state index contributed by atoms with van der Waals surface area (Å²) in [5, 5.41) is 18.8. The van der Waals surface area contributed by atoms with E-state index in [9.17, 15) is 0 Å². The van der Waals surface area contributed by atoms with Crippen molar-refractivity contribution in [2.24, 2.45) is 0 Å². The number of rotatable bonds is 14. The van der Waals surface area contributed by atoms with Gasteiger partial charge in [0.25, 0.3) is 0 Å². The van der Waals surface area contributed by atoms with Crippen LogP contribution in [0, 0.1) is 10.8 Å². The van der Waals surface area contributed by atoms with E-state index in [2.05, 4.69) is 47.4 Å². The van der Waals surface area contributed by atoms with E-state index >= 15 is 0 Å². The van der Waals surface area contributed by atoms with Crippen molar-refractivity contribution in [2.45, 2.75) is 79.1 Å². The molecule has 0 aliphatic heterocycles. The van der Waals surface area contributed by atoms with Crippen molar-refractivity contribution in [2.75, 3.05) is 36.0 Å². The van der Waals surface area contributed by atoms with E-state index in [0.717, 1.165) is 63.2 Å². The molecule has 6 nitrogen and oxygen atoms in total. The van der Waals surface area contributed by atoms with Crippen molar-refractivity contribution in [1.82, 2.24) is 0 Å². The number of halogens is 6. The first kappa shape index (κ1) is 40.2. The maximum atomic E-state index is 8.73. The van der Waals surface area contributed by atoms with Crippen LogP contribution in [0.3, 0.4) is 0 Å². The van der Waals surface area contributed by atoms with Crippen molar-refractivity contribution in [1.29, 1.82) is 10.8 Å². The Morgan fingerprint density at radius 3 is 1.05 bits per heavy atom. The molecule has 41 heavy (non-hydrogen) atoms. The second kappa shape index (κ2) is 23.7. The van der Waals surface area contributed by atoms with Gasteiger partial charge in [-0.2, -0.15) is 0 Å². The zero-order chi connectivity index (χ0) is 31.3. The fraction of sp³-hybridized carbons (Fsp3) is 0.571. The van der Waals surface area contributed by atoms with Gasteiger partial charge in [-0.3, -0.25) is 0 Å². The molecular formula is C28H42Cl6N6Zn. The molecule has 0 aliphatic rings. The van der Waals surface area contributed by atoms with E-state index in [1.807, 2.05) is 12.1 Å². The van der Waals surface area contributed by atoms with Crippen molar-refractivity contribution in [3.8, 4) is 0 Å². The summed E-state index contributed by atoms with van der Waals surface area (Å²) in [7, 11) is 16.8. The van der Waals surface area contributed by atoms with Gasteiger partial charge in [-0.1, -0.05) is 76.6 Å². The van der Waals surface area contributed by atoms with Crippen LogP contribution in [0.15, 0.2) is 36.4 Å². The minimum atomic E-state index is -3.36. The van der Waals surface area contributed by atoms with Crippen molar-refractivity contribution in [3.63, 3.8) is 0 Å². The number of nitrogens with zero attached hydrogens (tertiary/aromatic N) is 6. The molecule has 0 radical (unpaired) electrons. The number of benzene rings is 2. The Bertz CT molecular complexity index is 986. The monoisotopic (exact) mass is 736 g/mol. The average molecular weight is 741 g/mol. The van der Waals surface area contributed by atoms with Crippen LogP contribution in [-0.2, 0) is 10.8 Å². The summed E-state index contributed by atoms with van der Waals surface area (Å²) in [5.41, 5.74) is 3.06. The van der Waals surface area contributed by atoms with Gasteiger partial charge in [0.1, 0.15) is 0 Å². The molecule has 0 fully saturated rings. The Morgan fingerprint density at radius 1 is 0.585 bits per heavy atom. The van der Waals surface area contributed by atoms with Crippen LogP contribution in [-0.4, -0.2) is 26.2 Å². The van der Waals surface area contributed by atoms with Crippen LogP contribution >= 0.6 is 62.0 Å². The Balaban J connectivity index is 0.000000671. The zero-order valence-corrected chi connectivity index (χ0v) is 32.1. The summed E-state index contributed by atoms with van der Waals surface area (Å²) in [6, 6.07) is 10.8. The van der Waals surface area contributed by atoms with Gasteiger partial charge in [0.05, 0.1) is 33.6 Å². The molecule has 0 N–H and O–H groups in total. The molecule has 0 saturated carbocycles. The van der Waals surface area contributed by atoms with Crippen LogP contribution in [0.25, 0.3) is 9.95 Å². The third-order valence-electron chi connectivity index (χ3n) is 5.90. The fourth-order valence-electron chi connectivity index (χ4n) is 3.73. The molecule has 0 spiro atoms. The van der Waals surface area contributed by atoms with Crippen LogP contribution in [0.2, 0.25) is 10.0 Å². The van der Waals surface area contributed by atoms with Gasteiger partial charge < -0.3 is 9.80 Å². The second-order valence-corrected chi connectivity index (χ2v) is 38.0. The van der Waals surface area contributed by atoms with Gasteiger partial charge in [-0.15, -0.1) is 0 Å². The SMILES string of the molecule is CCCCN(CCCC)c1ccc([N+]#N)cc1Cl.CCCCN(CCCC)c1ccc([N+]#N)cc1Cl.[Cl][Zn-2]([Cl])([Cl])[Cl]. The summed E-state index contributed by atoms with van der Waals surface area (Å²) < 4.78 is 0. The van der Waals surface area contributed by atoms with Gasteiger partial charge in [-0.05, 0) is 37.8 Å². The maximum absolute atomic E-state index is 8.73. The van der Waals surface area contributed by atoms with Gasteiger partial charge in [0, 0.05) is 38.3 Å². The fourth-order valence-corrected chi connectivity index (χ4v) is 4.32. The van der Waals surface area contributed by atoms with E-state index in [1.54, 1.807) is 24.3 Å². The number of hydrogen-bond acceptors (Lipinski definition) is 4. The molecule has 0 amide bonds. The minimum absolute atomic E-state index is 0.495. The Morgan fingerprint density at radius 2 is 0.854 bits per heavy atom. The van der Waals surface area contributed by atoms with E-state index in [0.29, 0.717) is 21.4 Å². The Labute approximate surface area is 275 Å². The summed E-state index contributed by atoms with van der Waals surface area (Å²) in [5.74, 6) is 0. The molecule has 0 unspecified atom stereocenters. The zero-order valence-electron chi connectivity index (χ0n) is 24.6. The normalized spacial score (nSPS) is 10.3. The molecule has 2 rings (SSSR count). The third-order valence-corrected chi connectivity index (χ3v) is 6.51. The molecule has 0 saturated heterocycles. The average Bonchev–Trinajstić information content (AvgIpc) is 2.93. The molecule has 0 heterocycles. The summed E-state index contributed by atoms with van der Waals surface area (Å²) >= 11 is 12.5. The van der Waals surface area contributed by atoms with Gasteiger partial charge in [-0.25, -0.2) is 0 Å². The Hall–Kier alpha value is -0.757. The molecule has 2 aromatic rings. The van der Waals surface area contributed by atoms with E-state index in [4.69, 9.17) is 72.8 Å². The summed E-state index contributed by atoms with van der Waals surface area (Å²) in [6.45, 7) is 12.8. The molecule has 0 bridgehead atoms. The molecule has 2 aromatic carbocycles. The first-order chi connectivity index (χ1) is 19.4. The van der Waals surface area contributed by atoms with E-state index < -0.39 is 10.8 Å². The molecule has 0 aliphatic carbocycles. The van der Waals surface area contributed by atoms with Gasteiger partial charge >= 0.3 is 61.0 Å². The Kier molecular flexibility index (Phi) is 23.2. The van der Waals surface area contributed by atoms with Crippen LogP contribution in [0.5, 0.6) is 0 Å². The molecule has 228 valence electrons. The first-order valence-electron chi connectivity index (χ1n) is 14.3. The molecule has 0 atom stereocenters. The quantitative estimate of drug-likeness (QED) is 0.143. The number of hydrogen-bond donors (Lipinski definition) is 0. The molecule has 13 heteroatoms. The first-order valence-corrected chi connectivity index (χ1v) is 30.7. The van der Waals surface area contributed by atoms with Gasteiger partial charge in [0.15, 0.2) is 9.95 Å². The van der Waals surface area contributed by atoms with Crippen molar-refractivity contribution < 1.29 is 10.8 Å². The number of unbranched alkanes of at least 4 members (excludes halogenated alkanes) is 4. The van der Waals surface area contributed by atoms with E-state index in [-0.39, 0.29) is 0 Å². The van der Waals surface area contributed by atoms with E-state index in [1.165, 1.54) is 25.7 Å². The third kappa shape index (κ3) is 19.2. The van der Waals surface area contributed by atoms with Crippen molar-refractivity contribution >= 4 is 84.7 Å². The summed E-state index contributed by atoms with van der Waals surface area (Å²) in [6.07, 6.45) is 9.32. The molecule has 0 aromatic heterocycles. The topological polar surface area (TPSA) is 62.8 Å². The number of anilines is 2. The van der Waals surface area contributed by atoms with Crippen LogP contribution < -0.4 is 9.80 Å². The van der Waals surface area contributed by atoms with Crippen molar-refractivity contribution in [3.05, 3.63) is 56.4 Å². The van der Waals surface area contributed by atoms with Gasteiger partial charge in [0.2, 0.25) is 10.8 Å². The second-order valence-electron chi connectivity index (χ2n) is 9.47. The predicted molar refractivity (Wildman–Crippen MR) is 180 cm³/mol.